The van der Waals surface area contributed by atoms with Crippen LogP contribution < -0.4 is 21.3 Å². The van der Waals surface area contributed by atoms with Gasteiger partial charge in [-0.15, -0.1) is 79.4 Å². The summed E-state index contributed by atoms with van der Waals surface area (Å²) in [4.78, 5) is 83.1. The highest BCUT2D eigenvalue weighted by atomic mass is 35.5. The van der Waals surface area contributed by atoms with Crippen LogP contribution in [0.5, 0.6) is 0 Å². The molecule has 4 N–H and O–H groups in total. The lowest BCUT2D eigenvalue weighted by molar-refractivity contribution is -0.144. The van der Waals surface area contributed by atoms with E-state index in [1.54, 1.807) is 113 Å². The van der Waals surface area contributed by atoms with Crippen molar-refractivity contribution in [3.8, 4) is 63.4 Å². The van der Waals surface area contributed by atoms with Gasteiger partial charge in [0.25, 0.3) is 35.4 Å². The van der Waals surface area contributed by atoms with Crippen LogP contribution in [-0.2, 0) is 99.0 Å². The van der Waals surface area contributed by atoms with E-state index in [0.717, 1.165) is 164 Å². The fourth-order valence-corrected chi connectivity index (χ4v) is 19.5. The topological polar surface area (TPSA) is 277 Å². The molecule has 2 aliphatic rings. The zero-order chi connectivity index (χ0) is 103. The minimum Gasteiger partial charge on any atom is -0.467 e. The Hall–Kier alpha value is -12.8. The quantitative estimate of drug-likeness (QED) is 0.0363. The molecule has 748 valence electrons. The molecule has 51 heteroatoms. The third-order valence-corrected chi connectivity index (χ3v) is 28.5. The minimum atomic E-state index is -4.48. The molecule has 0 spiro atoms. The van der Waals surface area contributed by atoms with Crippen molar-refractivity contribution >= 4 is 126 Å². The Morgan fingerprint density at radius 1 is 0.369 bits per heavy atom. The molecule has 15 aromatic rings. The Labute approximate surface area is 823 Å². The lowest BCUT2D eigenvalue weighted by Crippen LogP contribution is -2.41. The van der Waals surface area contributed by atoms with Crippen LogP contribution in [-0.4, -0.2) is 137 Å². The van der Waals surface area contributed by atoms with E-state index in [1.807, 2.05) is 35.7 Å². The maximum Gasteiger partial charge on any atom is 0.433 e. The maximum atomic E-state index is 12.9. The van der Waals surface area contributed by atoms with Gasteiger partial charge >= 0.3 is 37.1 Å². The zero-order valence-corrected chi connectivity index (χ0v) is 81.3. The van der Waals surface area contributed by atoms with Crippen molar-refractivity contribution in [3.63, 3.8) is 0 Å². The number of carbonyl (C=O) groups excluding carboxylic acids is 6. The van der Waals surface area contributed by atoms with E-state index in [2.05, 4.69) is 65.7 Å². The molecule has 6 amide bonds. The number of amides is 6. The number of halogens is 19. The van der Waals surface area contributed by atoms with Crippen LogP contribution in [0.4, 0.5) is 79.0 Å². The van der Waals surface area contributed by atoms with Crippen LogP contribution in [0.2, 0.25) is 5.02 Å². The van der Waals surface area contributed by atoms with Gasteiger partial charge < -0.3 is 35.5 Å². The molecule has 0 radical (unpaired) electrons. The van der Waals surface area contributed by atoms with Gasteiger partial charge in [-0.1, -0.05) is 68.6 Å². The van der Waals surface area contributed by atoms with E-state index in [0.29, 0.717) is 108 Å². The molecule has 16 heterocycles. The number of nitrogens with one attached hydrogen (secondary N) is 4. The number of carbonyl (C=O) groups is 6. The molecule has 25 nitrogen and oxygen atoms in total. The number of alkyl halides is 18. The molecule has 141 heavy (non-hydrogen) atoms. The second-order valence-corrected chi connectivity index (χ2v) is 38.7. The third-order valence-electron chi connectivity index (χ3n) is 20.8. The third kappa shape index (κ3) is 28.2. The van der Waals surface area contributed by atoms with Gasteiger partial charge in [0.2, 0.25) is 0 Å². The average Bonchev–Trinajstić information content (AvgIpc) is 1.70. The van der Waals surface area contributed by atoms with Gasteiger partial charge in [0.05, 0.1) is 77.9 Å². The molecular formula is C90H81ClF18N18O7S7. The second-order valence-electron chi connectivity index (χ2n) is 30.8. The van der Waals surface area contributed by atoms with Crippen LogP contribution in [0, 0.1) is 5.92 Å². The lowest BCUT2D eigenvalue weighted by atomic mass is 10.0. The Kier molecular flexibility index (Phi) is 34.5. The molecule has 2 aliphatic heterocycles. The van der Waals surface area contributed by atoms with Crippen molar-refractivity contribution in [1.82, 2.24) is 89.7 Å². The molecule has 0 bridgehead atoms. The Morgan fingerprint density at radius 3 is 0.965 bits per heavy atom. The number of nitrogens with zero attached hydrogens (tertiary/aromatic N) is 14. The molecule has 1 aromatic carbocycles. The molecule has 0 saturated carbocycles. The summed E-state index contributed by atoms with van der Waals surface area (Å²) >= 11 is 14.2. The van der Waals surface area contributed by atoms with Gasteiger partial charge in [-0.25, -0.2) is 0 Å². The normalized spacial score (nSPS) is 12.7. The summed E-state index contributed by atoms with van der Waals surface area (Å²) in [5, 5.41) is 36.9. The van der Waals surface area contributed by atoms with E-state index in [-0.39, 0.29) is 76.2 Å². The number of hydrogen-bond donors (Lipinski definition) is 4. The van der Waals surface area contributed by atoms with Crippen LogP contribution >= 0.6 is 91.0 Å². The number of thiophene rings is 7. The maximum absolute atomic E-state index is 12.9. The van der Waals surface area contributed by atoms with E-state index in [4.69, 9.17) is 16.0 Å². The molecule has 0 unspecified atom stereocenters. The number of furan rings is 1. The van der Waals surface area contributed by atoms with Crippen LogP contribution in [0.1, 0.15) is 142 Å². The van der Waals surface area contributed by atoms with E-state index in [1.165, 1.54) is 71.2 Å². The van der Waals surface area contributed by atoms with Gasteiger partial charge in [-0.05, 0) is 163 Å². The summed E-state index contributed by atoms with van der Waals surface area (Å²) in [6.07, 6.45) is -18.5. The summed E-state index contributed by atoms with van der Waals surface area (Å²) in [7, 11) is 7.47. The number of benzene rings is 1. The molecule has 1 fully saturated rings. The smallest absolute Gasteiger partial charge is 0.433 e. The minimum absolute atomic E-state index is 0.0653. The Balaban J connectivity index is 0.000000151. The fourth-order valence-electron chi connectivity index (χ4n) is 13.3. The van der Waals surface area contributed by atoms with Gasteiger partial charge in [0.1, 0.15) is 74.1 Å². The molecule has 1 saturated heterocycles. The van der Waals surface area contributed by atoms with Crippen molar-refractivity contribution < 1.29 is 112 Å². The molecule has 17 rings (SSSR count). The molecular weight excluding hydrogens is 2050 g/mol. The van der Waals surface area contributed by atoms with Crippen molar-refractivity contribution in [2.75, 3.05) is 32.7 Å². The lowest BCUT2D eigenvalue weighted by Gasteiger charge is -2.30. The molecule has 0 aliphatic carbocycles. The summed E-state index contributed by atoms with van der Waals surface area (Å²) < 4.78 is 241. The van der Waals surface area contributed by atoms with E-state index in [9.17, 15) is 108 Å². The predicted octanol–water partition coefficient (Wildman–Crippen LogP) is 23.1. The first-order valence-electron chi connectivity index (χ1n) is 41.8. The van der Waals surface area contributed by atoms with Crippen LogP contribution in [0.25, 0.3) is 63.4 Å². The zero-order valence-electron chi connectivity index (χ0n) is 74.8. The first-order valence-corrected chi connectivity index (χ1v) is 48.0. The first-order chi connectivity index (χ1) is 66.4. The van der Waals surface area contributed by atoms with Gasteiger partial charge in [-0.2, -0.15) is 110 Å². The fraction of sp³-hybridized carbons (Fsp3) is 0.289. The van der Waals surface area contributed by atoms with E-state index < -0.39 is 71.2 Å². The van der Waals surface area contributed by atoms with Crippen molar-refractivity contribution in [2.24, 2.45) is 48.2 Å². The summed E-state index contributed by atoms with van der Waals surface area (Å²) in [5.41, 5.74) is -2.85. The predicted molar refractivity (Wildman–Crippen MR) is 499 cm³/mol. The number of hydrogen-bond acceptors (Lipinski definition) is 20. The summed E-state index contributed by atoms with van der Waals surface area (Å²) in [5.74, 6) is -0.240. The number of likely N-dealkylation sites (tertiary alicyclic amines) is 1. The van der Waals surface area contributed by atoms with Crippen molar-refractivity contribution in [1.29, 1.82) is 0 Å². The highest BCUT2D eigenvalue weighted by molar-refractivity contribution is 7.19. The highest BCUT2D eigenvalue weighted by Gasteiger charge is 2.41. The summed E-state index contributed by atoms with van der Waals surface area (Å²) in [6.45, 7) is 8.32. The SMILES string of the molecule is CCC(CC)CNC(=O)c1ccc(-c2cc(C(F)(F)F)n(C)n2)s1.Cn1nc(-c2ccc(C(=O)N3CC=CC3)s2)cc1C(F)(F)F.Cn1nc(-c2ccc(C(=O)N3CCC3)s2)cc1C(F)(F)F.Cn1nc(-c2ccc(C(=O)NCc3cccc(Cl)c3)s2)cc1C(F)(F)F.Cn1nc(-c2ccc(C(=O)NCc3ccco3)s2)cc1C(F)(F)F.Cn1nc(-c2ccc(C(=O)NCc3cccs3)s2)cc1C(F)(F)F. The number of aryl methyl sites for hydroxylation is 6. The average molecular weight is 2130 g/mol. The monoisotopic (exact) mass is 2130 g/mol. The van der Waals surface area contributed by atoms with Crippen molar-refractivity contribution in [2.45, 2.75) is 89.8 Å². The summed E-state index contributed by atoms with van der Waals surface area (Å²) in [6, 6.07) is 39.5. The number of aromatic nitrogens is 12. The van der Waals surface area contributed by atoms with E-state index >= 15 is 0 Å². The Morgan fingerprint density at radius 2 is 0.681 bits per heavy atom. The van der Waals surface area contributed by atoms with Gasteiger partial charge in [0.15, 0.2) is 0 Å². The van der Waals surface area contributed by atoms with Gasteiger partial charge in [-0.3, -0.25) is 56.9 Å². The molecule has 14 aromatic heterocycles. The molecule has 0 atom stereocenters. The second kappa shape index (κ2) is 45.4. The highest BCUT2D eigenvalue weighted by Crippen LogP contribution is 2.42. The van der Waals surface area contributed by atoms with Crippen molar-refractivity contribution in [3.05, 3.63) is 266 Å². The van der Waals surface area contributed by atoms with Crippen LogP contribution in [0.3, 0.4) is 0 Å². The van der Waals surface area contributed by atoms with Gasteiger partial charge in [0, 0.05) is 91.5 Å². The largest absolute Gasteiger partial charge is 0.467 e. The number of rotatable bonds is 22. The first kappa shape index (κ1) is 107. The Bertz CT molecular complexity index is 6710. The van der Waals surface area contributed by atoms with Crippen LogP contribution in [0.15, 0.2) is 186 Å². The standard InChI is InChI=1S/C17H13ClF3N3OS.C16H20F3N3OS.C15H12F3N3O2S.C15H12F3N3OS2.C14H12F3N3OS.C13H12F3N3OS/c1-24-15(17(19,20)21)8-12(23-24)13-5-6-14(26-13)16(25)22-9-10-3-2-4-11(18)7-10;1-4-10(5-2)9-20-15(23)13-7-6-12(24-13)11-8-14(16(17,18)19)22(3)21-11;2*1-21-13(15(16,17)18)7-10(20-21)11-4-5-12(24-11)14(22)19-8-9-3-2-6-23-9;1-19-12(14(15,16)17)8-9(18-19)10-4-5-11(22-10)13(21)20-6-2-3-7-20;1-18-11(13(14,15)16)7-8(17-18)9-3-4-10(21-9)12(20)19-5-2-6-19/h2-8H,9H2,1H3,(H,22,25);6-8,10H,4-5,9H2,1-3H3,(H,20,23);2*2-7H,8H2,1H3,(H,19,22);2-5,8H,6-7H2,1H3;3-4,7H,2,5-6H2,1H3.